The van der Waals surface area contributed by atoms with Crippen molar-refractivity contribution < 1.29 is 4.39 Å². The van der Waals surface area contributed by atoms with Crippen LogP contribution < -0.4 is 11.1 Å². The van der Waals surface area contributed by atoms with E-state index in [1.54, 1.807) is 30.5 Å². The van der Waals surface area contributed by atoms with Crippen LogP contribution in [-0.2, 0) is 5.41 Å². The van der Waals surface area contributed by atoms with Gasteiger partial charge >= 0.3 is 0 Å². The molecule has 0 bridgehead atoms. The molecule has 1 aromatic carbocycles. The Kier molecular flexibility index (Phi) is 4.24. The number of nitrogen functional groups attached to an aromatic ring is 1. The Hall–Kier alpha value is -3.02. The van der Waals surface area contributed by atoms with Crippen molar-refractivity contribution in [2.45, 2.75) is 24.7 Å². The maximum atomic E-state index is 14.2. The van der Waals surface area contributed by atoms with E-state index in [0.717, 1.165) is 24.8 Å². The van der Waals surface area contributed by atoms with Crippen molar-refractivity contribution in [2.24, 2.45) is 0 Å². The van der Waals surface area contributed by atoms with Crippen molar-refractivity contribution in [2.75, 3.05) is 17.6 Å². The summed E-state index contributed by atoms with van der Waals surface area (Å²) in [6.45, 7) is 0.580. The molecule has 0 atom stereocenters. The highest BCUT2D eigenvalue weighted by Crippen LogP contribution is 2.43. The predicted octanol–water partition coefficient (Wildman–Crippen LogP) is 3.59. The molecule has 1 fully saturated rings. The first-order valence-electron chi connectivity index (χ1n) is 8.62. The summed E-state index contributed by atoms with van der Waals surface area (Å²) in [4.78, 5) is 4.28. The summed E-state index contributed by atoms with van der Waals surface area (Å²) < 4.78 is 14.2. The van der Waals surface area contributed by atoms with Crippen LogP contribution in [0.5, 0.6) is 0 Å². The monoisotopic (exact) mass is 348 g/mol. The van der Waals surface area contributed by atoms with E-state index in [0.29, 0.717) is 29.4 Å². The SMILES string of the molecule is Nc1cc[c]cc1-c1ccc(NCC2(c3ncccc3F)CCC2)nn1. The molecule has 0 spiro atoms. The Balaban J connectivity index is 1.50. The normalized spacial score (nSPS) is 15.3. The van der Waals surface area contributed by atoms with Crippen molar-refractivity contribution in [3.63, 3.8) is 0 Å². The average molecular weight is 348 g/mol. The lowest BCUT2D eigenvalue weighted by Gasteiger charge is -2.41. The summed E-state index contributed by atoms with van der Waals surface area (Å²) in [5, 5.41) is 11.8. The quantitative estimate of drug-likeness (QED) is 0.689. The van der Waals surface area contributed by atoms with E-state index in [-0.39, 0.29) is 11.2 Å². The van der Waals surface area contributed by atoms with Crippen LogP contribution in [0.4, 0.5) is 15.9 Å². The molecule has 6 heteroatoms. The van der Waals surface area contributed by atoms with Crippen LogP contribution in [-0.4, -0.2) is 21.7 Å². The predicted molar refractivity (Wildman–Crippen MR) is 98.9 cm³/mol. The van der Waals surface area contributed by atoms with Crippen molar-refractivity contribution in [1.82, 2.24) is 15.2 Å². The first-order chi connectivity index (χ1) is 12.7. The number of benzene rings is 1. The van der Waals surface area contributed by atoms with Gasteiger partial charge in [-0.1, -0.05) is 12.5 Å². The molecule has 0 amide bonds. The van der Waals surface area contributed by atoms with Gasteiger partial charge in [0.25, 0.3) is 0 Å². The number of nitrogens with two attached hydrogens (primary N) is 1. The highest BCUT2D eigenvalue weighted by Gasteiger charge is 2.41. The number of anilines is 2. The lowest BCUT2D eigenvalue weighted by molar-refractivity contribution is 0.243. The molecule has 4 rings (SSSR count). The maximum Gasteiger partial charge on any atom is 0.148 e. The van der Waals surface area contributed by atoms with Crippen LogP contribution in [0.2, 0.25) is 0 Å². The molecule has 2 heterocycles. The van der Waals surface area contributed by atoms with E-state index in [2.05, 4.69) is 26.6 Å². The summed E-state index contributed by atoms with van der Waals surface area (Å²) in [6.07, 6.45) is 4.55. The summed E-state index contributed by atoms with van der Waals surface area (Å²) >= 11 is 0. The van der Waals surface area contributed by atoms with Gasteiger partial charge in [0, 0.05) is 29.4 Å². The van der Waals surface area contributed by atoms with Crippen LogP contribution in [0.25, 0.3) is 11.3 Å². The van der Waals surface area contributed by atoms with Crippen molar-refractivity contribution in [1.29, 1.82) is 0 Å². The number of hydrogen-bond acceptors (Lipinski definition) is 5. The fourth-order valence-corrected chi connectivity index (χ4v) is 3.37. The highest BCUT2D eigenvalue weighted by atomic mass is 19.1. The van der Waals surface area contributed by atoms with Gasteiger partial charge < -0.3 is 11.1 Å². The number of pyridine rings is 1. The van der Waals surface area contributed by atoms with Gasteiger partial charge in [-0.25, -0.2) is 4.39 Å². The summed E-state index contributed by atoms with van der Waals surface area (Å²) in [5.41, 5.74) is 8.36. The minimum atomic E-state index is -0.273. The van der Waals surface area contributed by atoms with Crippen LogP contribution in [0, 0.1) is 11.9 Å². The van der Waals surface area contributed by atoms with Gasteiger partial charge in [0.1, 0.15) is 11.6 Å². The van der Waals surface area contributed by atoms with Crippen LogP contribution in [0.1, 0.15) is 25.0 Å². The third-order valence-electron chi connectivity index (χ3n) is 5.02. The number of hydrogen-bond donors (Lipinski definition) is 2. The standard InChI is InChI=1S/C20H19FN5/c21-15-6-3-12-23-19(15)20(10-4-11-20)13-24-18-9-8-17(25-26-18)14-5-1-2-7-16(14)22/h2-3,5-9,12H,4,10-11,13,22H2,(H,24,26). The second-order valence-corrected chi connectivity index (χ2v) is 6.64. The van der Waals surface area contributed by atoms with E-state index >= 15 is 0 Å². The lowest BCUT2D eigenvalue weighted by atomic mass is 9.66. The van der Waals surface area contributed by atoms with E-state index in [1.165, 1.54) is 6.07 Å². The second kappa shape index (κ2) is 6.71. The minimum absolute atomic E-state index is 0.244. The zero-order chi connectivity index (χ0) is 18.0. The zero-order valence-corrected chi connectivity index (χ0v) is 14.2. The molecule has 3 aromatic rings. The maximum absolute atomic E-state index is 14.2. The van der Waals surface area contributed by atoms with Gasteiger partial charge in [-0.2, -0.15) is 0 Å². The third kappa shape index (κ3) is 2.98. The van der Waals surface area contributed by atoms with Gasteiger partial charge in [0.05, 0.1) is 11.4 Å². The average Bonchev–Trinajstić information content (AvgIpc) is 2.63. The Labute approximate surface area is 151 Å². The zero-order valence-electron chi connectivity index (χ0n) is 14.2. The van der Waals surface area contributed by atoms with Gasteiger partial charge in [0.15, 0.2) is 0 Å². The summed E-state index contributed by atoms with van der Waals surface area (Å²) in [6, 6.07) is 15.1. The number of nitrogens with one attached hydrogen (secondary N) is 1. The van der Waals surface area contributed by atoms with Gasteiger partial charge in [-0.3, -0.25) is 4.98 Å². The van der Waals surface area contributed by atoms with Crippen molar-refractivity contribution in [3.8, 4) is 11.3 Å². The Morgan fingerprint density at radius 1 is 1.19 bits per heavy atom. The molecule has 5 nitrogen and oxygen atoms in total. The molecule has 1 aliphatic carbocycles. The molecule has 1 saturated carbocycles. The molecule has 2 aromatic heterocycles. The fraction of sp³-hybridized carbons (Fsp3) is 0.250. The Morgan fingerprint density at radius 2 is 2.08 bits per heavy atom. The van der Waals surface area contributed by atoms with E-state index in [4.69, 9.17) is 5.73 Å². The lowest BCUT2D eigenvalue weighted by Crippen LogP contribution is -2.42. The fourth-order valence-electron chi connectivity index (χ4n) is 3.37. The molecule has 0 aliphatic heterocycles. The molecule has 1 aliphatic rings. The van der Waals surface area contributed by atoms with Gasteiger partial charge in [-0.15, -0.1) is 10.2 Å². The molecule has 0 unspecified atom stereocenters. The second-order valence-electron chi connectivity index (χ2n) is 6.64. The number of rotatable bonds is 5. The van der Waals surface area contributed by atoms with Crippen molar-refractivity contribution in [3.05, 3.63) is 66.2 Å². The van der Waals surface area contributed by atoms with E-state index in [1.807, 2.05) is 12.1 Å². The van der Waals surface area contributed by atoms with Crippen LogP contribution in [0.15, 0.2) is 48.7 Å². The smallest absolute Gasteiger partial charge is 0.148 e. The molecule has 131 valence electrons. The van der Waals surface area contributed by atoms with E-state index in [9.17, 15) is 4.39 Å². The highest BCUT2D eigenvalue weighted by molar-refractivity contribution is 5.73. The van der Waals surface area contributed by atoms with Gasteiger partial charge in [-0.05, 0) is 55.3 Å². The molecule has 3 N–H and O–H groups in total. The number of halogens is 1. The largest absolute Gasteiger partial charge is 0.398 e. The number of nitrogens with zero attached hydrogens (tertiary/aromatic N) is 3. The molecule has 1 radical (unpaired) electrons. The molecular formula is C20H19FN5. The Morgan fingerprint density at radius 3 is 2.73 bits per heavy atom. The first kappa shape index (κ1) is 16.4. The van der Waals surface area contributed by atoms with Crippen molar-refractivity contribution >= 4 is 11.5 Å². The summed E-state index contributed by atoms with van der Waals surface area (Å²) in [5.74, 6) is 0.404. The molecule has 0 saturated heterocycles. The molecular weight excluding hydrogens is 329 g/mol. The summed E-state index contributed by atoms with van der Waals surface area (Å²) in [7, 11) is 0. The number of aromatic nitrogens is 3. The van der Waals surface area contributed by atoms with Gasteiger partial charge in [0.2, 0.25) is 0 Å². The van der Waals surface area contributed by atoms with Crippen LogP contribution >= 0.6 is 0 Å². The van der Waals surface area contributed by atoms with Crippen LogP contribution in [0.3, 0.4) is 0 Å². The first-order valence-corrected chi connectivity index (χ1v) is 8.62. The topological polar surface area (TPSA) is 76.7 Å². The van der Waals surface area contributed by atoms with E-state index < -0.39 is 0 Å². The third-order valence-corrected chi connectivity index (χ3v) is 5.02. The minimum Gasteiger partial charge on any atom is -0.398 e. The molecule has 26 heavy (non-hydrogen) atoms. The Bertz CT molecular complexity index is 906.